The topological polar surface area (TPSA) is 67.8 Å². The third-order valence-corrected chi connectivity index (χ3v) is 5.10. The summed E-state index contributed by atoms with van der Waals surface area (Å²) in [6.45, 7) is 3.45. The summed E-state index contributed by atoms with van der Waals surface area (Å²) in [6, 6.07) is 0. The lowest BCUT2D eigenvalue weighted by Crippen LogP contribution is -2.40. The van der Waals surface area contributed by atoms with Gasteiger partial charge in [-0.3, -0.25) is 4.79 Å². The van der Waals surface area contributed by atoms with Gasteiger partial charge in [-0.2, -0.15) is 0 Å². The second-order valence-corrected chi connectivity index (χ2v) is 7.07. The average molecular weight is 323 g/mol. The predicted octanol–water partition coefficient (Wildman–Crippen LogP) is 2.20. The summed E-state index contributed by atoms with van der Waals surface area (Å²) in [6.07, 6.45) is 8.14. The van der Waals surface area contributed by atoms with Gasteiger partial charge in [-0.05, 0) is 69.3 Å². The molecule has 130 valence electrons. The molecule has 3 atom stereocenters. The van der Waals surface area contributed by atoms with Crippen molar-refractivity contribution < 1.29 is 19.4 Å². The Balaban J connectivity index is 1.69. The quantitative estimate of drug-likeness (QED) is 0.683. The van der Waals surface area contributed by atoms with Crippen LogP contribution in [0.5, 0.6) is 0 Å². The monoisotopic (exact) mass is 323 g/mol. The number of ether oxygens (including phenoxy) is 2. The molecule has 5 heteroatoms. The summed E-state index contributed by atoms with van der Waals surface area (Å²) < 4.78 is 11.7. The smallest absolute Gasteiger partial charge is 0.286 e. The number of aliphatic hydroxyl groups is 1. The van der Waals surface area contributed by atoms with E-state index in [-0.39, 0.29) is 24.7 Å². The van der Waals surface area contributed by atoms with Crippen LogP contribution in [0.4, 0.5) is 0 Å². The summed E-state index contributed by atoms with van der Waals surface area (Å²) in [5, 5.41) is 12.1. The van der Waals surface area contributed by atoms with Gasteiger partial charge < -0.3 is 19.9 Å². The van der Waals surface area contributed by atoms with Crippen molar-refractivity contribution in [2.24, 2.45) is 23.7 Å². The highest BCUT2D eigenvalue weighted by molar-refractivity contribution is 5.91. The first-order valence-electron chi connectivity index (χ1n) is 9.12. The first-order valence-corrected chi connectivity index (χ1v) is 9.12. The molecule has 23 heavy (non-hydrogen) atoms. The number of allylic oxidation sites excluding steroid dienone is 1. The minimum absolute atomic E-state index is 0.104. The second kappa shape index (κ2) is 7.67. The van der Waals surface area contributed by atoms with Crippen LogP contribution in [-0.4, -0.2) is 37.1 Å². The maximum Gasteiger partial charge on any atom is 0.286 e. The summed E-state index contributed by atoms with van der Waals surface area (Å²) in [5.41, 5.74) is 0. The minimum atomic E-state index is -0.371. The lowest BCUT2D eigenvalue weighted by atomic mass is 9.82. The number of amides is 1. The Bertz CT molecular complexity index is 442. The molecule has 1 aliphatic heterocycles. The molecule has 0 aromatic carbocycles. The molecule has 2 N–H and O–H groups in total. The van der Waals surface area contributed by atoms with Crippen LogP contribution >= 0.6 is 0 Å². The third-order valence-electron chi connectivity index (χ3n) is 5.10. The predicted molar refractivity (Wildman–Crippen MR) is 86.3 cm³/mol. The van der Waals surface area contributed by atoms with Gasteiger partial charge in [-0.1, -0.05) is 0 Å². The number of hydrogen-bond donors (Lipinski definition) is 2. The van der Waals surface area contributed by atoms with Crippen molar-refractivity contribution in [2.75, 3.05) is 19.8 Å². The average Bonchev–Trinajstić information content (AvgIpc) is 3.44. The van der Waals surface area contributed by atoms with Gasteiger partial charge in [0.2, 0.25) is 6.29 Å². The summed E-state index contributed by atoms with van der Waals surface area (Å²) >= 11 is 0. The van der Waals surface area contributed by atoms with E-state index in [4.69, 9.17) is 14.6 Å². The molecular weight excluding hydrogens is 294 g/mol. The van der Waals surface area contributed by atoms with E-state index in [1.807, 2.05) is 13.0 Å². The molecule has 0 saturated heterocycles. The van der Waals surface area contributed by atoms with Gasteiger partial charge in [0.05, 0.1) is 0 Å². The van der Waals surface area contributed by atoms with Crippen LogP contribution < -0.4 is 5.32 Å². The van der Waals surface area contributed by atoms with Gasteiger partial charge in [-0.25, -0.2) is 0 Å². The summed E-state index contributed by atoms with van der Waals surface area (Å²) in [5.74, 6) is 2.18. The second-order valence-electron chi connectivity index (χ2n) is 7.07. The van der Waals surface area contributed by atoms with Crippen molar-refractivity contribution in [3.63, 3.8) is 0 Å². The minimum Gasteiger partial charge on any atom is -0.459 e. The Morgan fingerprint density at radius 1 is 1.39 bits per heavy atom. The van der Waals surface area contributed by atoms with Gasteiger partial charge in [0.15, 0.2) is 5.76 Å². The SMILES string of the molecule is CCO[C@@H]1OC(C(=O)NCC2CC2)=C[C@H](C2CC2)[C@H]1CCCO. The van der Waals surface area contributed by atoms with Crippen LogP contribution in [0.1, 0.15) is 45.4 Å². The Kier molecular flexibility index (Phi) is 5.59. The number of nitrogens with one attached hydrogen (secondary N) is 1. The standard InChI is InChI=1S/C18H29NO4/c1-2-22-18-14(4-3-9-20)15(13-7-8-13)10-16(23-18)17(21)19-11-12-5-6-12/h10,12-15,18,20H,2-9,11H2,1H3,(H,19,21)/t14-,15-,18-/m1/s1. The molecule has 0 unspecified atom stereocenters. The maximum absolute atomic E-state index is 12.4. The number of rotatable bonds is 9. The van der Waals surface area contributed by atoms with Crippen molar-refractivity contribution >= 4 is 5.91 Å². The maximum atomic E-state index is 12.4. The first kappa shape index (κ1) is 16.8. The van der Waals surface area contributed by atoms with Crippen molar-refractivity contribution in [2.45, 2.75) is 51.7 Å². The molecular formula is C18H29NO4. The molecule has 0 bridgehead atoms. The number of aliphatic hydroxyl groups excluding tert-OH is 1. The Hall–Kier alpha value is -1.07. The molecule has 0 aromatic rings. The van der Waals surface area contributed by atoms with E-state index in [2.05, 4.69) is 5.32 Å². The largest absolute Gasteiger partial charge is 0.459 e. The Morgan fingerprint density at radius 3 is 2.78 bits per heavy atom. The fourth-order valence-corrected chi connectivity index (χ4v) is 3.45. The molecule has 0 radical (unpaired) electrons. The van der Waals surface area contributed by atoms with E-state index in [9.17, 15) is 4.79 Å². The Morgan fingerprint density at radius 2 is 2.17 bits per heavy atom. The number of carbonyl (C=O) groups excluding carboxylic acids is 1. The van der Waals surface area contributed by atoms with Crippen LogP contribution in [0.2, 0.25) is 0 Å². The summed E-state index contributed by atoms with van der Waals surface area (Å²) in [4.78, 5) is 12.4. The molecule has 2 saturated carbocycles. The summed E-state index contributed by atoms with van der Waals surface area (Å²) in [7, 11) is 0. The van der Waals surface area contributed by atoms with Crippen LogP contribution in [-0.2, 0) is 14.3 Å². The van der Waals surface area contributed by atoms with E-state index in [0.717, 1.165) is 19.4 Å². The zero-order chi connectivity index (χ0) is 16.2. The van der Waals surface area contributed by atoms with E-state index in [1.54, 1.807) is 0 Å². The van der Waals surface area contributed by atoms with Crippen molar-refractivity contribution in [1.29, 1.82) is 0 Å². The molecule has 0 spiro atoms. The van der Waals surface area contributed by atoms with Gasteiger partial charge in [0.25, 0.3) is 5.91 Å². The fourth-order valence-electron chi connectivity index (χ4n) is 3.45. The molecule has 2 fully saturated rings. The highest BCUT2D eigenvalue weighted by atomic mass is 16.7. The highest BCUT2D eigenvalue weighted by Crippen LogP contribution is 2.47. The van der Waals surface area contributed by atoms with Crippen molar-refractivity contribution in [1.82, 2.24) is 5.32 Å². The van der Waals surface area contributed by atoms with E-state index < -0.39 is 0 Å². The van der Waals surface area contributed by atoms with Crippen molar-refractivity contribution in [3.8, 4) is 0 Å². The van der Waals surface area contributed by atoms with E-state index >= 15 is 0 Å². The first-order chi connectivity index (χ1) is 11.2. The van der Waals surface area contributed by atoms with Crippen LogP contribution in [0.3, 0.4) is 0 Å². The van der Waals surface area contributed by atoms with Gasteiger partial charge in [-0.15, -0.1) is 0 Å². The molecule has 2 aliphatic carbocycles. The molecule has 3 aliphatic rings. The number of hydrogen-bond acceptors (Lipinski definition) is 4. The Labute approximate surface area is 138 Å². The fraction of sp³-hybridized carbons (Fsp3) is 0.833. The van der Waals surface area contributed by atoms with E-state index in [0.29, 0.717) is 30.1 Å². The number of carbonyl (C=O) groups is 1. The normalized spacial score (nSPS) is 30.5. The van der Waals surface area contributed by atoms with Crippen LogP contribution in [0, 0.1) is 23.7 Å². The molecule has 5 nitrogen and oxygen atoms in total. The van der Waals surface area contributed by atoms with E-state index in [1.165, 1.54) is 25.7 Å². The third kappa shape index (κ3) is 4.48. The van der Waals surface area contributed by atoms with Gasteiger partial charge in [0.1, 0.15) is 0 Å². The van der Waals surface area contributed by atoms with Crippen LogP contribution in [0.15, 0.2) is 11.8 Å². The lowest BCUT2D eigenvalue weighted by Gasteiger charge is -2.37. The zero-order valence-corrected chi connectivity index (χ0v) is 14.0. The highest BCUT2D eigenvalue weighted by Gasteiger charge is 2.44. The zero-order valence-electron chi connectivity index (χ0n) is 14.0. The van der Waals surface area contributed by atoms with Crippen molar-refractivity contribution in [3.05, 3.63) is 11.8 Å². The molecule has 0 aromatic heterocycles. The lowest BCUT2D eigenvalue weighted by molar-refractivity contribution is -0.173. The molecule has 1 amide bonds. The molecule has 3 rings (SSSR count). The van der Waals surface area contributed by atoms with Gasteiger partial charge in [0, 0.05) is 25.7 Å². The van der Waals surface area contributed by atoms with Gasteiger partial charge >= 0.3 is 0 Å². The van der Waals surface area contributed by atoms with Crippen LogP contribution in [0.25, 0.3) is 0 Å². The molecule has 1 heterocycles.